The number of aliphatic hydroxyl groups excluding tert-OH is 1. The molecule has 0 aliphatic heterocycles. The molecule has 1 unspecified atom stereocenters. The van der Waals surface area contributed by atoms with Crippen LogP contribution in [0, 0.1) is 12.8 Å². The zero-order chi connectivity index (χ0) is 23.5. The van der Waals surface area contributed by atoms with E-state index in [0.29, 0.717) is 47.7 Å². The van der Waals surface area contributed by atoms with E-state index in [-0.39, 0.29) is 17.4 Å². The van der Waals surface area contributed by atoms with Crippen LogP contribution in [0.1, 0.15) is 50.0 Å². The summed E-state index contributed by atoms with van der Waals surface area (Å²) >= 11 is 0. The number of nitrogens with zero attached hydrogens (tertiary/aromatic N) is 3. The van der Waals surface area contributed by atoms with Crippen molar-refractivity contribution < 1.29 is 14.6 Å². The molecule has 0 aromatic carbocycles. The fourth-order valence-corrected chi connectivity index (χ4v) is 3.98. The number of aryl methyl sites for hydroxylation is 1. The number of pyridine rings is 3. The Bertz CT molecular complexity index is 1230. The summed E-state index contributed by atoms with van der Waals surface area (Å²) in [4.78, 5) is 34.5. The summed E-state index contributed by atoms with van der Waals surface area (Å²) < 4.78 is 6.89. The molecule has 174 valence electrons. The normalized spacial score (nSPS) is 14.4. The van der Waals surface area contributed by atoms with Gasteiger partial charge in [-0.2, -0.15) is 0 Å². The maximum absolute atomic E-state index is 13.5. The Morgan fingerprint density at radius 3 is 2.70 bits per heavy atom. The first-order valence-electron chi connectivity index (χ1n) is 11.4. The van der Waals surface area contributed by atoms with Crippen molar-refractivity contribution in [2.45, 2.75) is 52.2 Å². The van der Waals surface area contributed by atoms with Gasteiger partial charge in [-0.15, -0.1) is 0 Å². The summed E-state index contributed by atoms with van der Waals surface area (Å²) in [6, 6.07) is 5.39. The summed E-state index contributed by atoms with van der Waals surface area (Å²) in [6.07, 6.45) is 6.01. The average Bonchev–Trinajstić information content (AvgIpc) is 3.64. The van der Waals surface area contributed by atoms with Crippen LogP contribution in [0.4, 0.5) is 5.82 Å². The van der Waals surface area contributed by atoms with E-state index in [0.717, 1.165) is 30.2 Å². The van der Waals surface area contributed by atoms with Gasteiger partial charge in [0.2, 0.25) is 5.91 Å². The number of nitrogens with one attached hydrogen (secondary N) is 1. The van der Waals surface area contributed by atoms with Crippen molar-refractivity contribution in [3.05, 3.63) is 52.2 Å². The molecule has 0 spiro atoms. The summed E-state index contributed by atoms with van der Waals surface area (Å²) in [6.45, 7) is 4.65. The third kappa shape index (κ3) is 4.96. The first-order valence-corrected chi connectivity index (χ1v) is 11.4. The van der Waals surface area contributed by atoms with Crippen molar-refractivity contribution in [2.24, 2.45) is 5.92 Å². The minimum Gasteiger partial charge on any atom is -0.387 e. The monoisotopic (exact) mass is 450 g/mol. The molecular weight excluding hydrogens is 420 g/mol. The Hall–Kier alpha value is -3.10. The van der Waals surface area contributed by atoms with E-state index in [1.807, 2.05) is 26.0 Å². The van der Waals surface area contributed by atoms with E-state index in [1.165, 1.54) is 0 Å². The number of methoxy groups -OCH3 is 1. The van der Waals surface area contributed by atoms with E-state index in [2.05, 4.69) is 15.3 Å². The van der Waals surface area contributed by atoms with Gasteiger partial charge in [-0.3, -0.25) is 14.6 Å². The number of aliphatic hydroxyl groups is 1. The summed E-state index contributed by atoms with van der Waals surface area (Å²) in [5.41, 5.74) is 3.21. The lowest BCUT2D eigenvalue weighted by molar-refractivity contribution is -0.117. The van der Waals surface area contributed by atoms with Crippen LogP contribution in [0.5, 0.6) is 0 Å². The average molecular weight is 451 g/mol. The fourth-order valence-electron chi connectivity index (χ4n) is 3.98. The number of aromatic nitrogens is 3. The lowest BCUT2D eigenvalue weighted by atomic mass is 10.00. The number of carbonyl (C=O) groups is 1. The highest BCUT2D eigenvalue weighted by molar-refractivity contribution is 5.95. The highest BCUT2D eigenvalue weighted by atomic mass is 16.5. The second kappa shape index (κ2) is 9.80. The van der Waals surface area contributed by atoms with E-state index >= 15 is 0 Å². The van der Waals surface area contributed by atoms with Crippen molar-refractivity contribution in [1.82, 2.24) is 14.5 Å². The molecule has 1 atom stereocenters. The molecule has 3 aromatic heterocycles. The van der Waals surface area contributed by atoms with Gasteiger partial charge < -0.3 is 19.7 Å². The molecule has 8 nitrogen and oxygen atoms in total. The molecule has 1 amide bonds. The smallest absolute Gasteiger partial charge is 0.259 e. The maximum Gasteiger partial charge on any atom is 0.259 e. The van der Waals surface area contributed by atoms with Crippen LogP contribution >= 0.6 is 0 Å². The zero-order valence-electron chi connectivity index (χ0n) is 19.3. The van der Waals surface area contributed by atoms with E-state index < -0.39 is 6.10 Å². The van der Waals surface area contributed by atoms with E-state index in [1.54, 1.807) is 30.1 Å². The van der Waals surface area contributed by atoms with Gasteiger partial charge in [0.25, 0.3) is 5.56 Å². The third-order valence-electron chi connectivity index (χ3n) is 6.02. The minimum absolute atomic E-state index is 0.0312. The van der Waals surface area contributed by atoms with Gasteiger partial charge in [0.05, 0.1) is 23.9 Å². The summed E-state index contributed by atoms with van der Waals surface area (Å²) in [5.74, 6) is 0.469. The van der Waals surface area contributed by atoms with E-state index in [4.69, 9.17) is 4.74 Å². The fraction of sp³-hybridized carbons (Fsp3) is 0.440. The Labute approximate surface area is 192 Å². The Morgan fingerprint density at radius 2 is 2.03 bits per heavy atom. The Kier molecular flexibility index (Phi) is 6.85. The second-order valence-electron chi connectivity index (χ2n) is 8.63. The number of hydrogen-bond donors (Lipinski definition) is 2. The number of hydrogen-bond acceptors (Lipinski definition) is 6. The minimum atomic E-state index is -0.619. The Balaban J connectivity index is 1.78. The molecule has 1 fully saturated rings. The van der Waals surface area contributed by atoms with Crippen LogP contribution in [-0.2, 0) is 16.1 Å². The van der Waals surface area contributed by atoms with Gasteiger partial charge in [-0.1, -0.05) is 13.3 Å². The number of amides is 1. The molecule has 0 saturated heterocycles. The van der Waals surface area contributed by atoms with Gasteiger partial charge in [-0.05, 0) is 43.9 Å². The van der Waals surface area contributed by atoms with Crippen LogP contribution in [-0.4, -0.2) is 39.3 Å². The number of anilines is 1. The molecule has 4 rings (SSSR count). The first kappa shape index (κ1) is 23.1. The van der Waals surface area contributed by atoms with Crippen molar-refractivity contribution in [2.75, 3.05) is 19.0 Å². The van der Waals surface area contributed by atoms with Gasteiger partial charge in [-0.25, -0.2) is 4.98 Å². The molecule has 3 aromatic rings. The van der Waals surface area contributed by atoms with Crippen LogP contribution < -0.4 is 10.9 Å². The van der Waals surface area contributed by atoms with Gasteiger partial charge >= 0.3 is 0 Å². The molecule has 1 saturated carbocycles. The largest absolute Gasteiger partial charge is 0.387 e. The van der Waals surface area contributed by atoms with Crippen LogP contribution in [0.25, 0.3) is 22.0 Å². The highest BCUT2D eigenvalue weighted by Crippen LogP contribution is 2.31. The second-order valence-corrected chi connectivity index (χ2v) is 8.63. The molecule has 3 heterocycles. The SMILES string of the molecule is CCCC(O)c1cc(C)c(-c2cc3cnc(NC(=O)C4CC4)cc3n(CCOC)c2=O)cn1. The zero-order valence-corrected chi connectivity index (χ0v) is 19.3. The standard InChI is InChI=1S/C25H30N4O4/c1-4-5-22(30)20-10-15(2)19(14-26-20)18-11-17-13-27-23(28-24(31)16-6-7-16)12-21(17)29(25(18)32)8-9-33-3/h10-14,16,22,30H,4-9H2,1-3H3,(H,27,28,31). The quantitative estimate of drug-likeness (QED) is 0.516. The molecule has 2 N–H and O–H groups in total. The first-order chi connectivity index (χ1) is 15.9. The predicted molar refractivity (Wildman–Crippen MR) is 127 cm³/mol. The lowest BCUT2D eigenvalue weighted by Crippen LogP contribution is -2.25. The van der Waals surface area contributed by atoms with E-state index in [9.17, 15) is 14.7 Å². The molecule has 1 aliphatic rings. The number of ether oxygens (including phenoxy) is 1. The number of carbonyl (C=O) groups excluding carboxylic acids is 1. The van der Waals surface area contributed by atoms with Crippen LogP contribution in [0.15, 0.2) is 35.4 Å². The number of fused-ring (bicyclic) bond motifs is 1. The van der Waals surface area contributed by atoms with Gasteiger partial charge in [0.1, 0.15) is 5.82 Å². The third-order valence-corrected chi connectivity index (χ3v) is 6.02. The molecular formula is C25H30N4O4. The molecule has 0 bridgehead atoms. The molecule has 33 heavy (non-hydrogen) atoms. The van der Waals surface area contributed by atoms with Gasteiger partial charge in [0, 0.05) is 54.5 Å². The van der Waals surface area contributed by atoms with Crippen molar-refractivity contribution >= 4 is 22.6 Å². The maximum atomic E-state index is 13.5. The van der Waals surface area contributed by atoms with Gasteiger partial charge in [0.15, 0.2) is 0 Å². The number of rotatable bonds is 9. The van der Waals surface area contributed by atoms with Crippen LogP contribution in [0.3, 0.4) is 0 Å². The summed E-state index contributed by atoms with van der Waals surface area (Å²) in [7, 11) is 1.59. The predicted octanol–water partition coefficient (Wildman–Crippen LogP) is 3.60. The topological polar surface area (TPSA) is 106 Å². The summed E-state index contributed by atoms with van der Waals surface area (Å²) in [5, 5.41) is 13.9. The van der Waals surface area contributed by atoms with Crippen molar-refractivity contribution in [1.29, 1.82) is 0 Å². The molecule has 8 heteroatoms. The van der Waals surface area contributed by atoms with Crippen LogP contribution in [0.2, 0.25) is 0 Å². The Morgan fingerprint density at radius 1 is 1.24 bits per heavy atom. The molecule has 1 aliphatic carbocycles. The van der Waals surface area contributed by atoms with Crippen molar-refractivity contribution in [3.63, 3.8) is 0 Å². The highest BCUT2D eigenvalue weighted by Gasteiger charge is 2.30. The lowest BCUT2D eigenvalue weighted by Gasteiger charge is -2.16. The van der Waals surface area contributed by atoms with Crippen molar-refractivity contribution in [3.8, 4) is 11.1 Å². The molecule has 0 radical (unpaired) electrons.